The van der Waals surface area contributed by atoms with E-state index in [-0.39, 0.29) is 0 Å². The lowest BCUT2D eigenvalue weighted by molar-refractivity contribution is 0.345. The fraction of sp³-hybridized carbons (Fsp3) is 0.500. The molecule has 0 aromatic heterocycles. The maximum atomic E-state index is 11.2. The molecule has 13 heavy (non-hydrogen) atoms. The van der Waals surface area contributed by atoms with Crippen LogP contribution >= 0.6 is 18.2 Å². The molecular formula is C8H14ClO3P. The summed E-state index contributed by atoms with van der Waals surface area (Å²) in [7, 11) is 0. The van der Waals surface area contributed by atoms with Gasteiger partial charge >= 0.3 is 6.95 Å². The van der Waals surface area contributed by atoms with Crippen LogP contribution in [0.1, 0.15) is 26.7 Å². The van der Waals surface area contributed by atoms with Gasteiger partial charge in [0, 0.05) is 11.2 Å². The zero-order valence-corrected chi connectivity index (χ0v) is 9.42. The third-order valence-corrected chi connectivity index (χ3v) is 2.26. The van der Waals surface area contributed by atoms with Crippen LogP contribution in [-0.2, 0) is 13.6 Å². The lowest BCUT2D eigenvalue weighted by atomic mass is 10.5. The van der Waals surface area contributed by atoms with E-state index in [4.69, 9.17) is 11.2 Å². The van der Waals surface area contributed by atoms with Crippen molar-refractivity contribution in [2.24, 2.45) is 0 Å². The monoisotopic (exact) mass is 224 g/mol. The predicted molar refractivity (Wildman–Crippen MR) is 54.5 cm³/mol. The van der Waals surface area contributed by atoms with Crippen molar-refractivity contribution in [3.05, 3.63) is 24.7 Å². The van der Waals surface area contributed by atoms with Crippen molar-refractivity contribution in [1.29, 1.82) is 0 Å². The first-order valence-corrected chi connectivity index (χ1v) is 6.53. The van der Waals surface area contributed by atoms with E-state index in [0.29, 0.717) is 0 Å². The molecule has 0 atom stereocenters. The van der Waals surface area contributed by atoms with Crippen molar-refractivity contribution < 1.29 is 13.6 Å². The van der Waals surface area contributed by atoms with Crippen molar-refractivity contribution in [3.8, 4) is 0 Å². The first-order valence-electron chi connectivity index (χ1n) is 4.09. The molecule has 0 N–H and O–H groups in total. The molecule has 76 valence electrons. The summed E-state index contributed by atoms with van der Waals surface area (Å²) in [5.74, 6) is 0. The van der Waals surface area contributed by atoms with Gasteiger partial charge < -0.3 is 9.05 Å². The summed E-state index contributed by atoms with van der Waals surface area (Å²) in [6, 6.07) is 0. The quantitative estimate of drug-likeness (QED) is 0.501. The fourth-order valence-corrected chi connectivity index (χ4v) is 1.24. The van der Waals surface area contributed by atoms with Crippen molar-refractivity contribution in [2.75, 3.05) is 0 Å². The number of hydrogen-bond donors (Lipinski definition) is 0. The summed E-state index contributed by atoms with van der Waals surface area (Å²) < 4.78 is 20.5. The molecule has 0 heterocycles. The van der Waals surface area contributed by atoms with Gasteiger partial charge in [-0.2, -0.15) is 0 Å². The molecule has 0 aliphatic carbocycles. The molecule has 0 saturated heterocycles. The molecule has 0 aromatic carbocycles. The summed E-state index contributed by atoms with van der Waals surface area (Å²) in [5, 5.41) is 0. The topological polar surface area (TPSA) is 35.5 Å². The smallest absolute Gasteiger partial charge is 0.413 e. The second kappa shape index (κ2) is 7.05. The molecule has 0 radical (unpaired) electrons. The zero-order valence-electron chi connectivity index (χ0n) is 7.77. The molecule has 0 aromatic rings. The van der Waals surface area contributed by atoms with Gasteiger partial charge in [-0.25, -0.2) is 4.57 Å². The number of rotatable bonds is 6. The standard InChI is InChI=1S/C8H14ClO3P/c1-3-5-7-11-13(9,10)12-8-6-4-2/h5-8H,3-4H2,1-2H3. The lowest BCUT2D eigenvalue weighted by Gasteiger charge is -2.06. The van der Waals surface area contributed by atoms with Gasteiger partial charge in [-0.05, 0) is 25.0 Å². The van der Waals surface area contributed by atoms with E-state index in [9.17, 15) is 4.57 Å². The third-order valence-electron chi connectivity index (χ3n) is 1.04. The summed E-state index contributed by atoms with van der Waals surface area (Å²) in [6.45, 7) is 0.402. The minimum atomic E-state index is -3.45. The molecule has 0 fully saturated rings. The van der Waals surface area contributed by atoms with Crippen LogP contribution in [0.3, 0.4) is 0 Å². The maximum Gasteiger partial charge on any atom is 0.529 e. The maximum absolute atomic E-state index is 11.2. The highest BCUT2D eigenvalue weighted by molar-refractivity contribution is 7.81. The van der Waals surface area contributed by atoms with Crippen molar-refractivity contribution in [2.45, 2.75) is 26.7 Å². The Balaban J connectivity index is 3.86. The molecule has 0 saturated carbocycles. The van der Waals surface area contributed by atoms with E-state index >= 15 is 0 Å². The Kier molecular flexibility index (Phi) is 6.83. The molecule has 0 rings (SSSR count). The predicted octanol–water partition coefficient (Wildman–Crippen LogP) is 4.21. The van der Waals surface area contributed by atoms with Gasteiger partial charge in [-0.3, -0.25) is 0 Å². The van der Waals surface area contributed by atoms with Crippen molar-refractivity contribution in [3.63, 3.8) is 0 Å². The Bertz CT molecular complexity index is 205. The number of hydrogen-bond acceptors (Lipinski definition) is 3. The summed E-state index contributed by atoms with van der Waals surface area (Å²) in [6.07, 6.45) is 7.55. The first-order chi connectivity index (χ1) is 6.12. The average molecular weight is 225 g/mol. The number of halogens is 1. The van der Waals surface area contributed by atoms with Crippen LogP contribution in [0.5, 0.6) is 0 Å². The summed E-state index contributed by atoms with van der Waals surface area (Å²) in [5.41, 5.74) is 0. The lowest BCUT2D eigenvalue weighted by Crippen LogP contribution is -1.77. The molecule has 0 bridgehead atoms. The molecule has 5 heteroatoms. The second-order valence-corrected chi connectivity index (χ2v) is 4.73. The SMILES string of the molecule is CCC=COP(=O)(Cl)OC=CCC. The zero-order chi connectivity index (χ0) is 10.2. The van der Waals surface area contributed by atoms with Gasteiger partial charge in [-0.15, -0.1) is 0 Å². The van der Waals surface area contributed by atoms with E-state index in [1.807, 2.05) is 13.8 Å². The average Bonchev–Trinajstić information content (AvgIpc) is 2.05. The van der Waals surface area contributed by atoms with Crippen molar-refractivity contribution in [1.82, 2.24) is 0 Å². The Morgan fingerprint density at radius 2 is 1.54 bits per heavy atom. The summed E-state index contributed by atoms with van der Waals surface area (Å²) >= 11 is 5.42. The van der Waals surface area contributed by atoms with Gasteiger partial charge in [0.25, 0.3) is 0 Å². The van der Waals surface area contributed by atoms with E-state index in [2.05, 4.69) is 9.05 Å². The van der Waals surface area contributed by atoms with Gasteiger partial charge in [0.15, 0.2) is 0 Å². The molecule has 0 unspecified atom stereocenters. The minimum absolute atomic E-state index is 0.793. The highest BCUT2D eigenvalue weighted by Crippen LogP contribution is 2.54. The molecule has 0 amide bonds. The molecule has 0 spiro atoms. The van der Waals surface area contributed by atoms with Crippen LogP contribution in [0.25, 0.3) is 0 Å². The van der Waals surface area contributed by atoms with E-state index in [1.54, 1.807) is 12.2 Å². The van der Waals surface area contributed by atoms with Crippen LogP contribution in [-0.4, -0.2) is 0 Å². The van der Waals surface area contributed by atoms with E-state index < -0.39 is 6.95 Å². The fourth-order valence-electron chi connectivity index (χ4n) is 0.449. The van der Waals surface area contributed by atoms with Gasteiger partial charge in [0.2, 0.25) is 0 Å². The van der Waals surface area contributed by atoms with Crippen molar-refractivity contribution >= 4 is 18.2 Å². The largest absolute Gasteiger partial charge is 0.529 e. The first kappa shape index (κ1) is 12.6. The van der Waals surface area contributed by atoms with Crippen LogP contribution < -0.4 is 0 Å². The summed E-state index contributed by atoms with van der Waals surface area (Å²) in [4.78, 5) is 0. The van der Waals surface area contributed by atoms with Gasteiger partial charge in [0.05, 0.1) is 12.5 Å². The minimum Gasteiger partial charge on any atom is -0.413 e. The Morgan fingerprint density at radius 3 is 1.85 bits per heavy atom. The van der Waals surface area contributed by atoms with E-state index in [0.717, 1.165) is 12.8 Å². The highest BCUT2D eigenvalue weighted by atomic mass is 35.7. The Hall–Kier alpha value is -0.400. The molecule has 3 nitrogen and oxygen atoms in total. The van der Waals surface area contributed by atoms with Crippen LogP contribution in [0, 0.1) is 0 Å². The van der Waals surface area contributed by atoms with Gasteiger partial charge in [-0.1, -0.05) is 13.8 Å². The molecule has 0 aliphatic heterocycles. The van der Waals surface area contributed by atoms with Gasteiger partial charge in [0.1, 0.15) is 0 Å². The van der Waals surface area contributed by atoms with Crippen LogP contribution in [0.2, 0.25) is 0 Å². The normalized spacial score (nSPS) is 16.2. The Morgan fingerprint density at radius 1 is 1.15 bits per heavy atom. The second-order valence-electron chi connectivity index (χ2n) is 2.20. The van der Waals surface area contributed by atoms with E-state index in [1.165, 1.54) is 12.5 Å². The number of allylic oxidation sites excluding steroid dienone is 2. The molecule has 0 aliphatic rings. The molecular weight excluding hydrogens is 211 g/mol. The Labute approximate surface area is 83.7 Å². The third kappa shape index (κ3) is 7.94. The highest BCUT2D eigenvalue weighted by Gasteiger charge is 2.19. The van der Waals surface area contributed by atoms with Crippen LogP contribution in [0.15, 0.2) is 24.7 Å². The van der Waals surface area contributed by atoms with Crippen LogP contribution in [0.4, 0.5) is 0 Å².